The number of nitrogens with two attached hydrogens (primary N) is 1. The molecule has 0 unspecified atom stereocenters. The fourth-order valence-corrected chi connectivity index (χ4v) is 3.47. The minimum Gasteiger partial charge on any atom is -0.466 e. The maximum atomic E-state index is 12.7. The van der Waals surface area contributed by atoms with Crippen molar-refractivity contribution < 1.29 is 14.3 Å². The molecular formula is C15H27ClN2O3. The second kappa shape index (κ2) is 7.99. The second-order valence-electron chi connectivity index (χ2n) is 6.01. The third-order valence-electron chi connectivity index (χ3n) is 4.81. The van der Waals surface area contributed by atoms with Gasteiger partial charge >= 0.3 is 5.97 Å². The molecule has 0 atom stereocenters. The van der Waals surface area contributed by atoms with Gasteiger partial charge in [-0.25, -0.2) is 0 Å². The van der Waals surface area contributed by atoms with Crippen LogP contribution in [0, 0.1) is 11.3 Å². The number of carbonyl (C=O) groups is 2. The second-order valence-corrected chi connectivity index (χ2v) is 6.01. The van der Waals surface area contributed by atoms with Gasteiger partial charge in [-0.2, -0.15) is 0 Å². The van der Waals surface area contributed by atoms with Gasteiger partial charge in [-0.15, -0.1) is 12.4 Å². The van der Waals surface area contributed by atoms with Gasteiger partial charge in [0.25, 0.3) is 0 Å². The molecule has 6 heteroatoms. The van der Waals surface area contributed by atoms with E-state index in [1.54, 1.807) is 0 Å². The SMILES string of the molecule is CCOC(=O)C1CCN(C(=O)C2(CN)CCCC2)CC1.Cl. The Bertz CT molecular complexity index is 362. The maximum Gasteiger partial charge on any atom is 0.309 e. The molecule has 1 aliphatic heterocycles. The van der Waals surface area contributed by atoms with E-state index in [0.717, 1.165) is 25.7 Å². The minimum absolute atomic E-state index is 0. The average molecular weight is 319 g/mol. The number of esters is 1. The molecule has 1 amide bonds. The van der Waals surface area contributed by atoms with E-state index in [9.17, 15) is 9.59 Å². The van der Waals surface area contributed by atoms with E-state index in [0.29, 0.717) is 39.1 Å². The Labute approximate surface area is 133 Å². The lowest BCUT2D eigenvalue weighted by Crippen LogP contribution is -2.50. The van der Waals surface area contributed by atoms with Gasteiger partial charge in [0.15, 0.2) is 0 Å². The number of carbonyl (C=O) groups excluding carboxylic acids is 2. The molecule has 2 rings (SSSR count). The molecule has 21 heavy (non-hydrogen) atoms. The fourth-order valence-electron chi connectivity index (χ4n) is 3.47. The molecule has 1 saturated heterocycles. The van der Waals surface area contributed by atoms with Crippen molar-refractivity contribution in [3.05, 3.63) is 0 Å². The largest absolute Gasteiger partial charge is 0.466 e. The summed E-state index contributed by atoms with van der Waals surface area (Å²) in [5, 5.41) is 0. The number of likely N-dealkylation sites (tertiary alicyclic amines) is 1. The van der Waals surface area contributed by atoms with Crippen LogP contribution in [0.1, 0.15) is 45.4 Å². The van der Waals surface area contributed by atoms with E-state index in [-0.39, 0.29) is 35.6 Å². The molecule has 122 valence electrons. The van der Waals surface area contributed by atoms with Crippen LogP contribution in [-0.4, -0.2) is 43.0 Å². The molecule has 0 radical (unpaired) electrons. The summed E-state index contributed by atoms with van der Waals surface area (Å²) in [5.74, 6) is 0.0465. The predicted molar refractivity (Wildman–Crippen MR) is 83.1 cm³/mol. The number of hydrogen-bond acceptors (Lipinski definition) is 4. The highest BCUT2D eigenvalue weighted by Gasteiger charge is 2.43. The van der Waals surface area contributed by atoms with Gasteiger partial charge in [0.2, 0.25) is 5.91 Å². The quantitative estimate of drug-likeness (QED) is 0.801. The lowest BCUT2D eigenvalue weighted by Gasteiger charge is -2.37. The third kappa shape index (κ3) is 3.89. The first-order valence-electron chi connectivity index (χ1n) is 7.79. The molecule has 0 bridgehead atoms. The lowest BCUT2D eigenvalue weighted by atomic mass is 9.83. The van der Waals surface area contributed by atoms with E-state index < -0.39 is 0 Å². The molecule has 1 heterocycles. The molecule has 2 aliphatic rings. The van der Waals surface area contributed by atoms with Gasteiger partial charge in [-0.05, 0) is 32.6 Å². The summed E-state index contributed by atoms with van der Waals surface area (Å²) in [5.41, 5.74) is 5.55. The Morgan fingerprint density at radius 3 is 2.29 bits per heavy atom. The highest BCUT2D eigenvalue weighted by atomic mass is 35.5. The average Bonchev–Trinajstić information content (AvgIpc) is 2.97. The van der Waals surface area contributed by atoms with Crippen molar-refractivity contribution in [3.63, 3.8) is 0 Å². The Kier molecular flexibility index (Phi) is 6.94. The van der Waals surface area contributed by atoms with E-state index in [4.69, 9.17) is 10.5 Å². The van der Waals surface area contributed by atoms with E-state index in [2.05, 4.69) is 0 Å². The summed E-state index contributed by atoms with van der Waals surface area (Å²) in [6, 6.07) is 0. The Balaban J connectivity index is 0.00000220. The number of rotatable bonds is 4. The molecule has 0 spiro atoms. The van der Waals surface area contributed by atoms with E-state index >= 15 is 0 Å². The molecule has 0 aromatic carbocycles. The Morgan fingerprint density at radius 1 is 1.24 bits per heavy atom. The summed E-state index contributed by atoms with van der Waals surface area (Å²) in [4.78, 5) is 26.3. The molecular weight excluding hydrogens is 292 g/mol. The predicted octanol–water partition coefficient (Wildman–Crippen LogP) is 1.73. The zero-order valence-electron chi connectivity index (χ0n) is 12.8. The van der Waals surface area contributed by atoms with Crippen molar-refractivity contribution >= 4 is 24.3 Å². The summed E-state index contributed by atoms with van der Waals surface area (Å²) in [6.07, 6.45) is 5.46. The van der Waals surface area contributed by atoms with Crippen LogP contribution in [0.25, 0.3) is 0 Å². The van der Waals surface area contributed by atoms with Crippen molar-refractivity contribution in [2.45, 2.75) is 45.4 Å². The normalized spacial score (nSPS) is 21.7. The Hall–Kier alpha value is -0.810. The topological polar surface area (TPSA) is 72.6 Å². The van der Waals surface area contributed by atoms with Gasteiger partial charge < -0.3 is 15.4 Å². The molecule has 2 N–H and O–H groups in total. The summed E-state index contributed by atoms with van der Waals surface area (Å²) in [6.45, 7) is 4.01. The van der Waals surface area contributed by atoms with Crippen LogP contribution in [0.3, 0.4) is 0 Å². The van der Waals surface area contributed by atoms with Crippen molar-refractivity contribution in [2.24, 2.45) is 17.1 Å². The summed E-state index contributed by atoms with van der Waals surface area (Å²) in [7, 11) is 0. The van der Waals surface area contributed by atoms with Crippen LogP contribution in [0.5, 0.6) is 0 Å². The standard InChI is InChI=1S/C15H26N2O3.ClH/c1-2-20-13(18)12-5-9-17(10-6-12)14(19)15(11-16)7-3-4-8-15;/h12H,2-11,16H2,1H3;1H. The molecule has 1 aliphatic carbocycles. The van der Waals surface area contributed by atoms with Crippen LogP contribution in [-0.2, 0) is 14.3 Å². The first kappa shape index (κ1) is 18.2. The number of amides is 1. The minimum atomic E-state index is -0.323. The molecule has 1 saturated carbocycles. The lowest BCUT2D eigenvalue weighted by molar-refractivity contribution is -0.153. The molecule has 5 nitrogen and oxygen atoms in total. The van der Waals surface area contributed by atoms with E-state index in [1.807, 2.05) is 11.8 Å². The van der Waals surface area contributed by atoms with Crippen LogP contribution in [0.2, 0.25) is 0 Å². The van der Waals surface area contributed by atoms with Gasteiger partial charge in [0.1, 0.15) is 0 Å². The zero-order chi connectivity index (χ0) is 14.6. The smallest absolute Gasteiger partial charge is 0.309 e. The molecule has 2 fully saturated rings. The van der Waals surface area contributed by atoms with Gasteiger partial charge in [-0.1, -0.05) is 12.8 Å². The number of hydrogen-bond donors (Lipinski definition) is 1. The van der Waals surface area contributed by atoms with Crippen LogP contribution in [0.4, 0.5) is 0 Å². The monoisotopic (exact) mass is 318 g/mol. The van der Waals surface area contributed by atoms with Gasteiger partial charge in [0.05, 0.1) is 17.9 Å². The first-order valence-corrected chi connectivity index (χ1v) is 7.79. The van der Waals surface area contributed by atoms with Crippen molar-refractivity contribution in [1.29, 1.82) is 0 Å². The Morgan fingerprint density at radius 2 is 1.81 bits per heavy atom. The van der Waals surface area contributed by atoms with Crippen LogP contribution >= 0.6 is 12.4 Å². The van der Waals surface area contributed by atoms with E-state index in [1.165, 1.54) is 0 Å². The number of piperidine rings is 1. The highest BCUT2D eigenvalue weighted by Crippen LogP contribution is 2.39. The number of halogens is 1. The van der Waals surface area contributed by atoms with Gasteiger partial charge in [0, 0.05) is 19.6 Å². The van der Waals surface area contributed by atoms with Gasteiger partial charge in [-0.3, -0.25) is 9.59 Å². The highest BCUT2D eigenvalue weighted by molar-refractivity contribution is 5.85. The number of nitrogens with zero attached hydrogens (tertiary/aromatic N) is 1. The maximum absolute atomic E-state index is 12.7. The molecule has 0 aromatic heterocycles. The van der Waals surface area contributed by atoms with Crippen molar-refractivity contribution in [2.75, 3.05) is 26.2 Å². The molecule has 0 aromatic rings. The third-order valence-corrected chi connectivity index (χ3v) is 4.81. The van der Waals surface area contributed by atoms with Crippen LogP contribution < -0.4 is 5.73 Å². The summed E-state index contributed by atoms with van der Waals surface area (Å²) < 4.78 is 5.06. The van der Waals surface area contributed by atoms with Crippen LogP contribution in [0.15, 0.2) is 0 Å². The van der Waals surface area contributed by atoms with Crippen molar-refractivity contribution in [1.82, 2.24) is 4.90 Å². The zero-order valence-corrected chi connectivity index (χ0v) is 13.6. The summed E-state index contributed by atoms with van der Waals surface area (Å²) >= 11 is 0. The first-order chi connectivity index (χ1) is 9.63. The van der Waals surface area contributed by atoms with Crippen molar-refractivity contribution in [3.8, 4) is 0 Å². The fraction of sp³-hybridized carbons (Fsp3) is 0.867. The number of ether oxygens (including phenoxy) is 1.